The normalized spacial score (nSPS) is 14.8. The van der Waals surface area contributed by atoms with Gasteiger partial charge < -0.3 is 15.4 Å². The highest BCUT2D eigenvalue weighted by Gasteiger charge is 2.18. The predicted octanol–water partition coefficient (Wildman–Crippen LogP) is 2.12. The van der Waals surface area contributed by atoms with Crippen LogP contribution in [0.5, 0.6) is 5.75 Å². The molecule has 5 nitrogen and oxygen atoms in total. The van der Waals surface area contributed by atoms with E-state index in [1.54, 1.807) is 13.3 Å². The number of nitrogens with zero attached hydrogens (tertiary/aromatic N) is 2. The van der Waals surface area contributed by atoms with E-state index in [1.807, 2.05) is 12.1 Å². The summed E-state index contributed by atoms with van der Waals surface area (Å²) < 4.78 is 5.45. The lowest BCUT2D eigenvalue weighted by Crippen LogP contribution is -2.24. The summed E-state index contributed by atoms with van der Waals surface area (Å²) in [6, 6.07) is 3.77. The molecule has 1 aliphatic heterocycles. The second kappa shape index (κ2) is 6.76. The van der Waals surface area contributed by atoms with Crippen LogP contribution in [0.15, 0.2) is 17.2 Å². The Bertz CT molecular complexity index is 529. The van der Waals surface area contributed by atoms with Crippen LogP contribution in [0.25, 0.3) is 0 Å². The Morgan fingerprint density at radius 1 is 1.50 bits per heavy atom. The number of thiocarbonyl (C=S) groups is 1. The number of anilines is 1. The molecule has 0 atom stereocenters. The van der Waals surface area contributed by atoms with Crippen molar-refractivity contribution in [3.63, 3.8) is 0 Å². The smallest absolute Gasteiger partial charge is 0.184 e. The molecule has 1 aliphatic rings. The third-order valence-corrected chi connectivity index (χ3v) is 3.54. The number of rotatable bonds is 4. The zero-order valence-corrected chi connectivity index (χ0v) is 12.8. The zero-order valence-electron chi connectivity index (χ0n) is 11.2. The first-order valence-corrected chi connectivity index (χ1v) is 7.11. The van der Waals surface area contributed by atoms with Crippen LogP contribution in [0.2, 0.25) is 5.02 Å². The summed E-state index contributed by atoms with van der Waals surface area (Å²) in [7, 11) is 1.65. The average Bonchev–Trinajstić information content (AvgIpc) is 2.93. The fraction of sp³-hybridized carbons (Fsp3) is 0.385. The topological polar surface area (TPSA) is 62.9 Å². The van der Waals surface area contributed by atoms with Crippen LogP contribution in [0.4, 0.5) is 5.69 Å². The van der Waals surface area contributed by atoms with Crippen LogP contribution in [0.3, 0.4) is 0 Å². The first-order valence-electron chi connectivity index (χ1n) is 6.33. The highest BCUT2D eigenvalue weighted by molar-refractivity contribution is 7.80. The number of benzene rings is 1. The molecule has 1 aromatic rings. The minimum atomic E-state index is 0.109. The largest absolute Gasteiger partial charge is 0.495 e. The van der Waals surface area contributed by atoms with E-state index in [0.717, 1.165) is 30.1 Å². The van der Waals surface area contributed by atoms with E-state index < -0.39 is 0 Å². The van der Waals surface area contributed by atoms with Gasteiger partial charge in [-0.1, -0.05) is 11.6 Å². The van der Waals surface area contributed by atoms with Gasteiger partial charge in [0.1, 0.15) is 5.75 Å². The van der Waals surface area contributed by atoms with Crippen LogP contribution >= 0.6 is 23.8 Å². The van der Waals surface area contributed by atoms with Gasteiger partial charge in [-0.25, -0.2) is 0 Å². The van der Waals surface area contributed by atoms with Crippen molar-refractivity contribution in [3.05, 3.63) is 22.7 Å². The van der Waals surface area contributed by atoms with Gasteiger partial charge in [0.05, 0.1) is 24.0 Å². The molecule has 2 rings (SSSR count). The first-order chi connectivity index (χ1) is 9.61. The van der Waals surface area contributed by atoms with Gasteiger partial charge in [0.25, 0.3) is 0 Å². The fourth-order valence-corrected chi connectivity index (χ4v) is 2.45. The molecule has 0 saturated carbocycles. The molecular formula is C13H17ClN4OS. The molecule has 0 aromatic heterocycles. The molecule has 0 bridgehead atoms. The van der Waals surface area contributed by atoms with Crippen LogP contribution < -0.4 is 20.8 Å². The molecule has 0 aliphatic carbocycles. The van der Waals surface area contributed by atoms with Crippen molar-refractivity contribution < 1.29 is 4.74 Å². The third kappa shape index (κ3) is 3.52. The van der Waals surface area contributed by atoms with Crippen molar-refractivity contribution in [1.29, 1.82) is 0 Å². The lowest BCUT2D eigenvalue weighted by molar-refractivity contribution is 0.415. The molecule has 1 aromatic carbocycles. The maximum Gasteiger partial charge on any atom is 0.184 e. The summed E-state index contributed by atoms with van der Waals surface area (Å²) in [5, 5.41) is 4.63. The number of hydrogen-bond acceptors (Lipinski definition) is 4. The van der Waals surface area contributed by atoms with Crippen LogP contribution in [0.1, 0.15) is 18.4 Å². The average molecular weight is 313 g/mol. The van der Waals surface area contributed by atoms with Crippen molar-refractivity contribution >= 4 is 40.8 Å². The summed E-state index contributed by atoms with van der Waals surface area (Å²) >= 11 is 11.0. The molecule has 20 heavy (non-hydrogen) atoms. The summed E-state index contributed by atoms with van der Waals surface area (Å²) in [4.78, 5) is 2.28. The molecule has 1 heterocycles. The summed E-state index contributed by atoms with van der Waals surface area (Å²) in [6.45, 7) is 2.06. The number of hydrogen-bond donors (Lipinski definition) is 2. The molecule has 1 fully saturated rings. The van der Waals surface area contributed by atoms with Gasteiger partial charge >= 0.3 is 0 Å². The Balaban J connectivity index is 2.27. The van der Waals surface area contributed by atoms with E-state index in [1.165, 1.54) is 12.8 Å². The highest BCUT2D eigenvalue weighted by Crippen LogP contribution is 2.35. The van der Waals surface area contributed by atoms with Gasteiger partial charge in [-0.05, 0) is 37.2 Å². The molecule has 0 amide bonds. The number of ether oxygens (including phenoxy) is 1. The second-order valence-corrected chi connectivity index (χ2v) is 5.32. The van der Waals surface area contributed by atoms with Crippen molar-refractivity contribution in [1.82, 2.24) is 5.43 Å². The maximum atomic E-state index is 6.29. The number of methoxy groups -OCH3 is 1. The molecule has 3 N–H and O–H groups in total. The van der Waals surface area contributed by atoms with E-state index in [0.29, 0.717) is 5.02 Å². The molecule has 0 unspecified atom stereocenters. The number of nitrogens with one attached hydrogen (secondary N) is 1. The molecule has 7 heteroatoms. The van der Waals surface area contributed by atoms with Gasteiger partial charge in [0.15, 0.2) is 5.11 Å². The molecule has 0 spiro atoms. The standard InChI is InChI=1S/C13H17ClN4OS/c1-19-12-6-9(8-16-17-13(15)20)10(14)7-11(12)18-4-2-3-5-18/h6-8H,2-5H2,1H3,(H3,15,17,20). The van der Waals surface area contributed by atoms with E-state index in [2.05, 4.69) is 27.6 Å². The maximum absolute atomic E-state index is 6.29. The molecule has 1 saturated heterocycles. The Labute approximate surface area is 128 Å². The fourth-order valence-electron chi connectivity index (χ4n) is 2.19. The minimum absolute atomic E-state index is 0.109. The monoisotopic (exact) mass is 312 g/mol. The van der Waals surface area contributed by atoms with Crippen molar-refractivity contribution in [2.75, 3.05) is 25.1 Å². The SMILES string of the molecule is COc1cc(C=NNC(N)=S)c(Cl)cc1N1CCCC1. The van der Waals surface area contributed by atoms with Gasteiger partial charge in [0, 0.05) is 18.7 Å². The molecular weight excluding hydrogens is 296 g/mol. The van der Waals surface area contributed by atoms with E-state index in [4.69, 9.17) is 22.1 Å². The summed E-state index contributed by atoms with van der Waals surface area (Å²) in [5.41, 5.74) is 9.57. The lowest BCUT2D eigenvalue weighted by Gasteiger charge is -2.21. The highest BCUT2D eigenvalue weighted by atomic mass is 35.5. The van der Waals surface area contributed by atoms with E-state index in [-0.39, 0.29) is 5.11 Å². The van der Waals surface area contributed by atoms with Crippen molar-refractivity contribution in [2.24, 2.45) is 10.8 Å². The van der Waals surface area contributed by atoms with Gasteiger partial charge in [-0.2, -0.15) is 5.10 Å². The number of nitrogens with two attached hydrogens (primary N) is 1. The van der Waals surface area contributed by atoms with Crippen LogP contribution in [-0.4, -0.2) is 31.5 Å². The van der Waals surface area contributed by atoms with Gasteiger partial charge in [-0.15, -0.1) is 0 Å². The van der Waals surface area contributed by atoms with E-state index in [9.17, 15) is 0 Å². The lowest BCUT2D eigenvalue weighted by atomic mass is 10.2. The Kier molecular flexibility index (Phi) is 5.03. The number of hydrazone groups is 1. The molecule has 108 valence electrons. The minimum Gasteiger partial charge on any atom is -0.495 e. The van der Waals surface area contributed by atoms with Gasteiger partial charge in [-0.3, -0.25) is 5.43 Å². The summed E-state index contributed by atoms with van der Waals surface area (Å²) in [6.07, 6.45) is 3.96. The van der Waals surface area contributed by atoms with Crippen molar-refractivity contribution in [3.8, 4) is 5.75 Å². The second-order valence-electron chi connectivity index (χ2n) is 4.47. The Hall–Kier alpha value is -1.53. The number of halogens is 1. The molecule has 0 radical (unpaired) electrons. The first kappa shape index (κ1) is 14.9. The zero-order chi connectivity index (χ0) is 14.5. The van der Waals surface area contributed by atoms with Crippen LogP contribution in [-0.2, 0) is 0 Å². The van der Waals surface area contributed by atoms with Crippen LogP contribution in [0, 0.1) is 0 Å². The van der Waals surface area contributed by atoms with Crippen molar-refractivity contribution in [2.45, 2.75) is 12.8 Å². The predicted molar refractivity (Wildman–Crippen MR) is 87.0 cm³/mol. The third-order valence-electron chi connectivity index (χ3n) is 3.12. The Morgan fingerprint density at radius 2 is 2.20 bits per heavy atom. The summed E-state index contributed by atoms with van der Waals surface area (Å²) in [5.74, 6) is 0.785. The quantitative estimate of drug-likeness (QED) is 0.506. The van der Waals surface area contributed by atoms with E-state index >= 15 is 0 Å². The Morgan fingerprint density at radius 3 is 2.80 bits per heavy atom. The van der Waals surface area contributed by atoms with Gasteiger partial charge in [0.2, 0.25) is 0 Å².